The SMILES string of the molecule is C=N/C(NC1CCCN(C(=O)N(C)C)C1)=C(/C)C(=N)/C=C(\C)ONCC. The van der Waals surface area contributed by atoms with E-state index in [2.05, 4.69) is 22.5 Å². The normalized spacial score (nSPS) is 18.7. The number of likely N-dealkylation sites (tertiary alicyclic amines) is 1. The third-order valence-electron chi connectivity index (χ3n) is 4.06. The molecule has 0 saturated carbocycles. The first-order chi connectivity index (χ1) is 12.3. The molecule has 0 radical (unpaired) electrons. The molecule has 8 nitrogen and oxygen atoms in total. The number of hydrogen-bond donors (Lipinski definition) is 3. The number of carbonyl (C=O) groups is 1. The standard InChI is InChI=1S/C18H32N6O2/c1-7-21-26-13(2)11-16(19)14(3)17(20-4)22-15-9-8-10-24(12-15)18(25)23(5)6/h11,15,19,21-22H,4,7-10,12H2,1-3,5-6H3/b13-11+,17-14+,19-16?. The number of nitrogens with zero attached hydrogens (tertiary/aromatic N) is 3. The Morgan fingerprint density at radius 1 is 1.46 bits per heavy atom. The molecular weight excluding hydrogens is 332 g/mol. The zero-order valence-corrected chi connectivity index (χ0v) is 16.6. The first-order valence-electron chi connectivity index (χ1n) is 8.87. The van der Waals surface area contributed by atoms with Gasteiger partial charge in [0, 0.05) is 51.4 Å². The van der Waals surface area contributed by atoms with Crippen LogP contribution in [0.1, 0.15) is 33.6 Å². The number of allylic oxidation sites excluding steroid dienone is 3. The first-order valence-corrected chi connectivity index (χ1v) is 8.87. The highest BCUT2D eigenvalue weighted by atomic mass is 16.6. The highest BCUT2D eigenvalue weighted by molar-refractivity contribution is 6.06. The van der Waals surface area contributed by atoms with E-state index < -0.39 is 0 Å². The molecule has 1 aliphatic rings. The van der Waals surface area contributed by atoms with Gasteiger partial charge in [-0.3, -0.25) is 0 Å². The minimum Gasteiger partial charge on any atom is -0.413 e. The van der Waals surface area contributed by atoms with E-state index in [-0.39, 0.29) is 12.1 Å². The summed E-state index contributed by atoms with van der Waals surface area (Å²) in [7, 11) is 3.51. The summed E-state index contributed by atoms with van der Waals surface area (Å²) in [4.78, 5) is 24.9. The molecule has 2 amide bonds. The number of nitrogens with one attached hydrogen (secondary N) is 3. The predicted octanol–water partition coefficient (Wildman–Crippen LogP) is 2.12. The molecule has 1 rings (SSSR count). The lowest BCUT2D eigenvalue weighted by Gasteiger charge is -2.35. The molecule has 146 valence electrons. The second-order valence-electron chi connectivity index (χ2n) is 6.51. The molecule has 1 heterocycles. The van der Waals surface area contributed by atoms with Crippen LogP contribution in [-0.2, 0) is 4.84 Å². The Bertz CT molecular complexity index is 582. The predicted molar refractivity (Wildman–Crippen MR) is 105 cm³/mol. The Kier molecular flexibility index (Phi) is 8.84. The smallest absolute Gasteiger partial charge is 0.319 e. The Morgan fingerprint density at radius 2 is 2.15 bits per heavy atom. The largest absolute Gasteiger partial charge is 0.413 e. The van der Waals surface area contributed by atoms with Gasteiger partial charge in [0.1, 0.15) is 11.6 Å². The maximum atomic E-state index is 12.2. The van der Waals surface area contributed by atoms with Crippen molar-refractivity contribution in [2.45, 2.75) is 39.7 Å². The minimum atomic E-state index is 0.0113. The maximum absolute atomic E-state index is 12.2. The highest BCUT2D eigenvalue weighted by Crippen LogP contribution is 2.15. The Hall–Kier alpha value is -2.35. The van der Waals surface area contributed by atoms with Crippen molar-refractivity contribution in [3.63, 3.8) is 0 Å². The van der Waals surface area contributed by atoms with Crippen molar-refractivity contribution in [2.75, 3.05) is 33.7 Å². The highest BCUT2D eigenvalue weighted by Gasteiger charge is 2.25. The van der Waals surface area contributed by atoms with Crippen molar-refractivity contribution >= 4 is 18.5 Å². The second-order valence-corrected chi connectivity index (χ2v) is 6.51. The first kappa shape index (κ1) is 21.7. The Labute approximate surface area is 156 Å². The van der Waals surface area contributed by atoms with E-state index in [0.717, 1.165) is 19.4 Å². The van der Waals surface area contributed by atoms with Gasteiger partial charge >= 0.3 is 6.03 Å². The molecule has 0 aromatic carbocycles. The van der Waals surface area contributed by atoms with Gasteiger partial charge in [-0.05, 0) is 40.3 Å². The van der Waals surface area contributed by atoms with Crippen LogP contribution in [0.2, 0.25) is 0 Å². The summed E-state index contributed by atoms with van der Waals surface area (Å²) in [6.45, 7) is 11.2. The van der Waals surface area contributed by atoms with Gasteiger partial charge in [0.05, 0.1) is 5.71 Å². The van der Waals surface area contributed by atoms with Gasteiger partial charge in [0.2, 0.25) is 0 Å². The van der Waals surface area contributed by atoms with E-state index in [1.165, 1.54) is 0 Å². The third-order valence-corrected chi connectivity index (χ3v) is 4.06. The van der Waals surface area contributed by atoms with Crippen molar-refractivity contribution in [3.05, 3.63) is 23.2 Å². The lowest BCUT2D eigenvalue weighted by Crippen LogP contribution is -2.50. The van der Waals surface area contributed by atoms with Gasteiger partial charge in [-0.2, -0.15) is 5.48 Å². The van der Waals surface area contributed by atoms with Crippen molar-refractivity contribution in [2.24, 2.45) is 4.99 Å². The fourth-order valence-corrected chi connectivity index (χ4v) is 2.67. The summed E-state index contributed by atoms with van der Waals surface area (Å²) in [5, 5.41) is 11.6. The van der Waals surface area contributed by atoms with E-state index in [1.54, 1.807) is 32.0 Å². The van der Waals surface area contributed by atoms with Crippen LogP contribution < -0.4 is 10.8 Å². The zero-order chi connectivity index (χ0) is 19.7. The molecule has 1 saturated heterocycles. The summed E-state index contributed by atoms with van der Waals surface area (Å²) >= 11 is 0. The molecule has 0 bridgehead atoms. The van der Waals surface area contributed by atoms with Gasteiger partial charge in [-0.1, -0.05) is 0 Å². The van der Waals surface area contributed by atoms with E-state index in [9.17, 15) is 4.79 Å². The molecular formula is C18H32N6O2. The summed E-state index contributed by atoms with van der Waals surface area (Å²) < 4.78 is 0. The van der Waals surface area contributed by atoms with Crippen LogP contribution in [0, 0.1) is 5.41 Å². The minimum absolute atomic E-state index is 0.0113. The van der Waals surface area contributed by atoms with E-state index >= 15 is 0 Å². The molecule has 0 aromatic rings. The van der Waals surface area contributed by atoms with E-state index in [4.69, 9.17) is 10.2 Å². The molecule has 0 aromatic heterocycles. The van der Waals surface area contributed by atoms with Crippen molar-refractivity contribution in [3.8, 4) is 0 Å². The lowest BCUT2D eigenvalue weighted by molar-refractivity contribution is 0.112. The molecule has 26 heavy (non-hydrogen) atoms. The van der Waals surface area contributed by atoms with Crippen LogP contribution >= 0.6 is 0 Å². The summed E-state index contributed by atoms with van der Waals surface area (Å²) in [5.41, 5.74) is 3.73. The van der Waals surface area contributed by atoms with Crippen molar-refractivity contribution in [1.29, 1.82) is 5.41 Å². The molecule has 3 N–H and O–H groups in total. The quantitative estimate of drug-likeness (QED) is 0.349. The van der Waals surface area contributed by atoms with Gasteiger partial charge < -0.3 is 25.4 Å². The fraction of sp³-hybridized carbons (Fsp3) is 0.611. The molecule has 8 heteroatoms. The number of aliphatic imine (C=N–C) groups is 1. The molecule has 0 spiro atoms. The van der Waals surface area contributed by atoms with Crippen LogP contribution in [-0.4, -0.2) is 68.0 Å². The van der Waals surface area contributed by atoms with Crippen LogP contribution in [0.5, 0.6) is 0 Å². The molecule has 1 fully saturated rings. The van der Waals surface area contributed by atoms with Crippen molar-refractivity contribution < 1.29 is 9.63 Å². The van der Waals surface area contributed by atoms with Gasteiger partial charge in [0.15, 0.2) is 0 Å². The van der Waals surface area contributed by atoms with E-state index in [0.29, 0.717) is 36.0 Å². The van der Waals surface area contributed by atoms with E-state index in [1.807, 2.05) is 18.7 Å². The third kappa shape index (κ3) is 6.51. The molecule has 1 atom stereocenters. The van der Waals surface area contributed by atoms with Crippen LogP contribution in [0.3, 0.4) is 0 Å². The number of urea groups is 1. The average molecular weight is 364 g/mol. The number of hydrogen-bond acceptors (Lipinski definition) is 6. The fourth-order valence-electron chi connectivity index (χ4n) is 2.67. The van der Waals surface area contributed by atoms with Crippen LogP contribution in [0.25, 0.3) is 0 Å². The molecule has 0 aliphatic carbocycles. The molecule has 1 unspecified atom stereocenters. The number of rotatable bonds is 8. The van der Waals surface area contributed by atoms with Crippen molar-refractivity contribution in [1.82, 2.24) is 20.6 Å². The number of amides is 2. The summed E-state index contributed by atoms with van der Waals surface area (Å²) in [5.74, 6) is 1.16. The van der Waals surface area contributed by atoms with Crippen LogP contribution in [0.4, 0.5) is 4.79 Å². The molecule has 1 aliphatic heterocycles. The number of hydroxylamine groups is 1. The summed E-state index contributed by atoms with van der Waals surface area (Å²) in [6.07, 6.45) is 3.50. The number of piperidine rings is 1. The van der Waals surface area contributed by atoms with Gasteiger partial charge in [-0.25, -0.2) is 9.79 Å². The average Bonchev–Trinajstić information content (AvgIpc) is 2.63. The topological polar surface area (TPSA) is 93.1 Å². The summed E-state index contributed by atoms with van der Waals surface area (Å²) in [6, 6.07) is 0.0937. The van der Waals surface area contributed by atoms with Crippen LogP contribution in [0.15, 0.2) is 28.2 Å². The van der Waals surface area contributed by atoms with Gasteiger partial charge in [0.25, 0.3) is 0 Å². The zero-order valence-electron chi connectivity index (χ0n) is 16.6. The van der Waals surface area contributed by atoms with Gasteiger partial charge in [-0.15, -0.1) is 0 Å². The monoisotopic (exact) mass is 364 g/mol. The lowest BCUT2D eigenvalue weighted by atomic mass is 10.1. The number of carbonyl (C=O) groups excluding carboxylic acids is 1. The Morgan fingerprint density at radius 3 is 2.73 bits per heavy atom. The maximum Gasteiger partial charge on any atom is 0.319 e. The second kappa shape index (κ2) is 10.6. The Balaban J connectivity index is 2.80.